The monoisotopic (exact) mass is 352 g/mol. The minimum Gasteiger partial charge on any atom is -0.342 e. The lowest BCUT2D eigenvalue weighted by Crippen LogP contribution is -2.42. The average Bonchev–Trinajstić information content (AvgIpc) is 3.00. The molecule has 22 heavy (non-hydrogen) atoms. The normalized spacial score (nSPS) is 20.9. The summed E-state index contributed by atoms with van der Waals surface area (Å²) in [7, 11) is -1.29. The molecule has 0 bridgehead atoms. The quantitative estimate of drug-likeness (QED) is 0.788. The molecule has 0 aromatic rings. The highest BCUT2D eigenvalue weighted by Gasteiger charge is 2.33. The van der Waals surface area contributed by atoms with Gasteiger partial charge in [0.15, 0.2) is 9.84 Å². The highest BCUT2D eigenvalue weighted by molar-refractivity contribution is 7.92. The molecule has 1 aliphatic carbocycles. The standard InChI is InChI=1S/C15H28N2O3S.ClH/c1-16-9-6-13-7-10-17(11-8-13)15(18)12-21(19,20)14-4-2-3-5-14;/h13-14,16H,2-12H2,1H3;1H. The van der Waals surface area contributed by atoms with Crippen LogP contribution < -0.4 is 5.32 Å². The SMILES string of the molecule is CNCCC1CCN(C(=O)CS(=O)(=O)C2CCCC2)CC1.Cl. The summed E-state index contributed by atoms with van der Waals surface area (Å²) >= 11 is 0. The summed E-state index contributed by atoms with van der Waals surface area (Å²) in [6, 6.07) is 0. The smallest absolute Gasteiger partial charge is 0.237 e. The molecule has 2 rings (SSSR count). The summed E-state index contributed by atoms with van der Waals surface area (Å²) in [6.07, 6.45) is 6.57. The predicted molar refractivity (Wildman–Crippen MR) is 91.1 cm³/mol. The molecule has 0 radical (unpaired) electrons. The minimum absolute atomic E-state index is 0. The van der Waals surface area contributed by atoms with Crippen LogP contribution in [0.25, 0.3) is 0 Å². The molecular formula is C15H29ClN2O3S. The van der Waals surface area contributed by atoms with Gasteiger partial charge in [-0.15, -0.1) is 12.4 Å². The summed E-state index contributed by atoms with van der Waals surface area (Å²) in [4.78, 5) is 14.0. The van der Waals surface area contributed by atoms with Crippen LogP contribution in [-0.2, 0) is 14.6 Å². The molecule has 0 atom stereocenters. The van der Waals surface area contributed by atoms with Crippen molar-refractivity contribution in [2.24, 2.45) is 5.92 Å². The van der Waals surface area contributed by atoms with Gasteiger partial charge >= 0.3 is 0 Å². The lowest BCUT2D eigenvalue weighted by atomic mass is 9.93. The van der Waals surface area contributed by atoms with E-state index in [1.165, 1.54) is 0 Å². The van der Waals surface area contributed by atoms with Gasteiger partial charge in [0, 0.05) is 13.1 Å². The number of hydrogen-bond donors (Lipinski definition) is 1. The Hall–Kier alpha value is -0.330. The highest BCUT2D eigenvalue weighted by Crippen LogP contribution is 2.26. The number of halogens is 1. The first-order valence-electron chi connectivity index (χ1n) is 8.17. The molecule has 1 N–H and O–H groups in total. The van der Waals surface area contributed by atoms with Crippen LogP contribution in [-0.4, -0.2) is 56.9 Å². The Labute approximate surface area is 140 Å². The van der Waals surface area contributed by atoms with Crippen LogP contribution in [0.4, 0.5) is 0 Å². The summed E-state index contributed by atoms with van der Waals surface area (Å²) in [6.45, 7) is 2.44. The second kappa shape index (κ2) is 9.08. The van der Waals surface area contributed by atoms with Crippen molar-refractivity contribution < 1.29 is 13.2 Å². The van der Waals surface area contributed by atoms with Gasteiger partial charge in [-0.3, -0.25) is 4.79 Å². The van der Waals surface area contributed by atoms with E-state index in [1.54, 1.807) is 4.90 Å². The van der Waals surface area contributed by atoms with Crippen molar-refractivity contribution in [2.45, 2.75) is 50.2 Å². The summed E-state index contributed by atoms with van der Waals surface area (Å²) in [5, 5.41) is 2.88. The van der Waals surface area contributed by atoms with Crippen molar-refractivity contribution >= 4 is 28.2 Å². The van der Waals surface area contributed by atoms with E-state index in [1.807, 2.05) is 7.05 Å². The second-order valence-corrected chi connectivity index (χ2v) is 8.71. The molecule has 1 saturated heterocycles. The number of amides is 1. The second-order valence-electron chi connectivity index (χ2n) is 6.43. The van der Waals surface area contributed by atoms with Gasteiger partial charge in [0.2, 0.25) is 5.91 Å². The molecule has 5 nitrogen and oxygen atoms in total. The topological polar surface area (TPSA) is 66.5 Å². The van der Waals surface area contributed by atoms with E-state index in [9.17, 15) is 13.2 Å². The van der Waals surface area contributed by atoms with Gasteiger partial charge in [0.1, 0.15) is 5.75 Å². The van der Waals surface area contributed by atoms with Crippen molar-refractivity contribution in [2.75, 3.05) is 32.4 Å². The number of hydrogen-bond acceptors (Lipinski definition) is 4. The average molecular weight is 353 g/mol. The fourth-order valence-electron chi connectivity index (χ4n) is 3.45. The molecule has 2 aliphatic rings. The molecule has 1 saturated carbocycles. The van der Waals surface area contributed by atoms with Gasteiger partial charge in [0.25, 0.3) is 0 Å². The number of rotatable bonds is 6. The van der Waals surface area contributed by atoms with E-state index in [-0.39, 0.29) is 29.3 Å². The van der Waals surface area contributed by atoms with Crippen LogP contribution in [0.3, 0.4) is 0 Å². The predicted octanol–water partition coefficient (Wildman–Crippen LogP) is 1.61. The maximum atomic E-state index is 12.2. The third kappa shape index (κ3) is 5.39. The Morgan fingerprint density at radius 1 is 1.14 bits per heavy atom. The van der Waals surface area contributed by atoms with Crippen molar-refractivity contribution in [1.29, 1.82) is 0 Å². The highest BCUT2D eigenvalue weighted by atomic mass is 35.5. The maximum Gasteiger partial charge on any atom is 0.237 e. The zero-order valence-electron chi connectivity index (χ0n) is 13.4. The molecule has 0 unspecified atom stereocenters. The van der Waals surface area contributed by atoms with Gasteiger partial charge in [0.05, 0.1) is 5.25 Å². The number of carbonyl (C=O) groups is 1. The molecule has 0 spiro atoms. The van der Waals surface area contributed by atoms with Gasteiger partial charge in [-0.05, 0) is 51.6 Å². The molecule has 130 valence electrons. The number of carbonyl (C=O) groups excluding carboxylic acids is 1. The van der Waals surface area contributed by atoms with Crippen LogP contribution in [0.5, 0.6) is 0 Å². The number of sulfone groups is 1. The minimum atomic E-state index is -3.24. The molecule has 0 aromatic carbocycles. The number of nitrogens with one attached hydrogen (secondary N) is 1. The Kier molecular flexibility index (Phi) is 8.14. The number of piperidine rings is 1. The van der Waals surface area contributed by atoms with E-state index in [2.05, 4.69) is 5.32 Å². The Morgan fingerprint density at radius 2 is 1.73 bits per heavy atom. The van der Waals surface area contributed by atoms with Crippen LogP contribution in [0.2, 0.25) is 0 Å². The van der Waals surface area contributed by atoms with Gasteiger partial charge in [-0.25, -0.2) is 8.42 Å². The third-order valence-electron chi connectivity index (χ3n) is 4.90. The zero-order valence-corrected chi connectivity index (χ0v) is 15.1. The van der Waals surface area contributed by atoms with Gasteiger partial charge in [-0.2, -0.15) is 0 Å². The molecule has 7 heteroatoms. The first kappa shape index (κ1) is 19.7. The first-order chi connectivity index (χ1) is 10.0. The molecule has 1 amide bonds. The fourth-order valence-corrected chi connectivity index (χ4v) is 5.26. The van der Waals surface area contributed by atoms with Crippen LogP contribution in [0.15, 0.2) is 0 Å². The maximum absolute atomic E-state index is 12.2. The summed E-state index contributed by atoms with van der Waals surface area (Å²) in [5.41, 5.74) is 0. The molecular weight excluding hydrogens is 324 g/mol. The summed E-state index contributed by atoms with van der Waals surface area (Å²) in [5.74, 6) is 0.195. The third-order valence-corrected chi connectivity index (χ3v) is 7.04. The van der Waals surface area contributed by atoms with Gasteiger partial charge < -0.3 is 10.2 Å². The van der Waals surface area contributed by atoms with Gasteiger partial charge in [-0.1, -0.05) is 12.8 Å². The van der Waals surface area contributed by atoms with Crippen molar-refractivity contribution in [3.8, 4) is 0 Å². The Morgan fingerprint density at radius 3 is 2.27 bits per heavy atom. The lowest BCUT2D eigenvalue weighted by molar-refractivity contribution is -0.129. The summed E-state index contributed by atoms with van der Waals surface area (Å²) < 4.78 is 24.5. The molecule has 2 fully saturated rings. The number of nitrogens with zero attached hydrogens (tertiary/aromatic N) is 1. The van der Waals surface area contributed by atoms with Crippen molar-refractivity contribution in [3.63, 3.8) is 0 Å². The van der Waals surface area contributed by atoms with E-state index in [0.29, 0.717) is 19.0 Å². The fraction of sp³-hybridized carbons (Fsp3) is 0.933. The van der Waals surface area contributed by atoms with Crippen LogP contribution in [0, 0.1) is 5.92 Å². The Balaban J connectivity index is 0.00000242. The molecule has 0 aromatic heterocycles. The van der Waals surface area contributed by atoms with E-state index >= 15 is 0 Å². The zero-order chi connectivity index (χ0) is 15.3. The molecule has 1 heterocycles. The van der Waals surface area contributed by atoms with E-state index in [4.69, 9.17) is 0 Å². The van der Waals surface area contributed by atoms with Crippen molar-refractivity contribution in [3.05, 3.63) is 0 Å². The lowest BCUT2D eigenvalue weighted by Gasteiger charge is -2.32. The first-order valence-corrected chi connectivity index (χ1v) is 9.88. The van der Waals surface area contributed by atoms with Crippen LogP contribution >= 0.6 is 12.4 Å². The van der Waals surface area contributed by atoms with Crippen molar-refractivity contribution in [1.82, 2.24) is 10.2 Å². The Bertz CT molecular complexity index is 442. The number of likely N-dealkylation sites (tertiary alicyclic amines) is 1. The molecule has 1 aliphatic heterocycles. The van der Waals surface area contributed by atoms with Crippen LogP contribution in [0.1, 0.15) is 44.9 Å². The van der Waals surface area contributed by atoms with E-state index < -0.39 is 9.84 Å². The largest absolute Gasteiger partial charge is 0.342 e. The van der Waals surface area contributed by atoms with E-state index in [0.717, 1.165) is 51.5 Å².